The summed E-state index contributed by atoms with van der Waals surface area (Å²) >= 11 is 0. The average Bonchev–Trinajstić information content (AvgIpc) is 3.12. The number of benzene rings is 2. The Hall–Kier alpha value is -2.17. The van der Waals surface area contributed by atoms with Gasteiger partial charge < -0.3 is 14.4 Å². The van der Waals surface area contributed by atoms with Crippen molar-refractivity contribution in [2.24, 2.45) is 0 Å². The highest BCUT2D eigenvalue weighted by Crippen LogP contribution is 2.22. The first-order valence-corrected chi connectivity index (χ1v) is 11.6. The van der Waals surface area contributed by atoms with Crippen LogP contribution in [0.3, 0.4) is 0 Å². The maximum atomic E-state index is 5.00. The van der Waals surface area contributed by atoms with Gasteiger partial charge >= 0.3 is 0 Å². The smallest absolute Gasteiger partial charge is 0.110 e. The lowest BCUT2D eigenvalue weighted by molar-refractivity contribution is 0.152. The summed E-state index contributed by atoms with van der Waals surface area (Å²) in [5.41, 5.74) is 5.15. The van der Waals surface area contributed by atoms with Crippen LogP contribution in [0.15, 0.2) is 48.5 Å². The van der Waals surface area contributed by atoms with Crippen LogP contribution in [0, 0.1) is 0 Å². The largest absolute Gasteiger partial charge is 0.323 e. The number of fused-ring (bicyclic) bond motifs is 1. The molecule has 1 aliphatic heterocycles. The van der Waals surface area contributed by atoms with E-state index >= 15 is 0 Å². The second-order valence-corrected chi connectivity index (χ2v) is 8.90. The molecule has 4 heteroatoms. The van der Waals surface area contributed by atoms with Crippen LogP contribution < -0.4 is 0 Å². The standard InChI is InChI=1S/C26H36N4/c1-4-21(2)23-13-11-22(12-14-23)20-30-25-9-6-5-8-24(25)27-26(30)10-7-15-29-18-16-28(3)17-19-29/h5-6,8-9,11-14,21H,4,7,10,15-20H2,1-3H3. The summed E-state index contributed by atoms with van der Waals surface area (Å²) in [6, 6.07) is 17.8. The highest BCUT2D eigenvalue weighted by molar-refractivity contribution is 5.76. The predicted octanol–water partition coefficient (Wildman–Crippen LogP) is 4.78. The van der Waals surface area contributed by atoms with Crippen LogP contribution in [-0.4, -0.2) is 59.1 Å². The van der Waals surface area contributed by atoms with Gasteiger partial charge in [0.25, 0.3) is 0 Å². The van der Waals surface area contributed by atoms with Crippen molar-refractivity contribution in [2.45, 2.75) is 45.6 Å². The van der Waals surface area contributed by atoms with Gasteiger partial charge in [-0.05, 0) is 55.6 Å². The number of rotatable bonds is 8. The fraction of sp³-hybridized carbons (Fsp3) is 0.500. The molecule has 1 aliphatic rings. The third kappa shape index (κ3) is 4.93. The van der Waals surface area contributed by atoms with Crippen LogP contribution in [0.4, 0.5) is 0 Å². The Labute approximate surface area is 181 Å². The van der Waals surface area contributed by atoms with Crippen LogP contribution in [-0.2, 0) is 13.0 Å². The molecule has 0 radical (unpaired) electrons. The second kappa shape index (κ2) is 9.76. The molecule has 1 aromatic heterocycles. The summed E-state index contributed by atoms with van der Waals surface area (Å²) in [6.45, 7) is 11.4. The lowest BCUT2D eigenvalue weighted by Crippen LogP contribution is -2.44. The van der Waals surface area contributed by atoms with E-state index in [1.807, 2.05) is 0 Å². The first kappa shape index (κ1) is 21.1. The molecular formula is C26H36N4. The molecule has 0 amide bonds. The SMILES string of the molecule is CCC(C)c1ccc(Cn2c(CCCN3CCN(C)CC3)nc3ccccc32)cc1. The first-order valence-electron chi connectivity index (χ1n) is 11.6. The number of likely N-dealkylation sites (N-methyl/N-ethyl adjacent to an activating group) is 1. The Morgan fingerprint density at radius 2 is 1.70 bits per heavy atom. The van der Waals surface area contributed by atoms with E-state index in [2.05, 4.69) is 83.8 Å². The van der Waals surface area contributed by atoms with Crippen LogP contribution in [0.25, 0.3) is 11.0 Å². The highest BCUT2D eigenvalue weighted by atomic mass is 15.2. The molecule has 2 aromatic carbocycles. The van der Waals surface area contributed by atoms with Crippen molar-refractivity contribution in [2.75, 3.05) is 39.8 Å². The summed E-state index contributed by atoms with van der Waals surface area (Å²) in [5, 5.41) is 0. The Bertz CT molecular complexity index is 935. The van der Waals surface area contributed by atoms with Crippen LogP contribution >= 0.6 is 0 Å². The molecule has 160 valence electrons. The quantitative estimate of drug-likeness (QED) is 0.540. The van der Waals surface area contributed by atoms with Gasteiger partial charge in [0.2, 0.25) is 0 Å². The van der Waals surface area contributed by atoms with Gasteiger partial charge in [0, 0.05) is 39.1 Å². The average molecular weight is 405 g/mol. The van der Waals surface area contributed by atoms with Gasteiger partial charge in [0.1, 0.15) is 5.82 Å². The van der Waals surface area contributed by atoms with Crippen molar-refractivity contribution in [3.05, 3.63) is 65.5 Å². The van der Waals surface area contributed by atoms with Crippen molar-refractivity contribution < 1.29 is 0 Å². The van der Waals surface area contributed by atoms with Gasteiger partial charge in [0.05, 0.1) is 11.0 Å². The minimum atomic E-state index is 0.623. The fourth-order valence-corrected chi connectivity index (χ4v) is 4.39. The minimum absolute atomic E-state index is 0.623. The van der Waals surface area contributed by atoms with Crippen molar-refractivity contribution >= 4 is 11.0 Å². The Balaban J connectivity index is 1.47. The van der Waals surface area contributed by atoms with Crippen LogP contribution in [0.2, 0.25) is 0 Å². The summed E-state index contributed by atoms with van der Waals surface area (Å²) in [4.78, 5) is 10.0. The molecule has 30 heavy (non-hydrogen) atoms. The molecule has 1 saturated heterocycles. The number of aromatic nitrogens is 2. The van der Waals surface area contributed by atoms with E-state index in [9.17, 15) is 0 Å². The summed E-state index contributed by atoms with van der Waals surface area (Å²) < 4.78 is 2.43. The van der Waals surface area contributed by atoms with E-state index in [-0.39, 0.29) is 0 Å². The number of nitrogens with zero attached hydrogens (tertiary/aromatic N) is 4. The molecule has 1 fully saturated rings. The third-order valence-corrected chi connectivity index (χ3v) is 6.71. The molecule has 0 spiro atoms. The monoisotopic (exact) mass is 404 g/mol. The zero-order chi connectivity index (χ0) is 20.9. The van der Waals surface area contributed by atoms with E-state index in [1.54, 1.807) is 0 Å². The van der Waals surface area contributed by atoms with Crippen LogP contribution in [0.5, 0.6) is 0 Å². The molecule has 4 rings (SSSR count). The molecule has 3 aromatic rings. The van der Waals surface area contributed by atoms with Gasteiger partial charge in [-0.1, -0.05) is 50.2 Å². The second-order valence-electron chi connectivity index (χ2n) is 8.90. The Kier molecular flexibility index (Phi) is 6.86. The summed E-state index contributed by atoms with van der Waals surface area (Å²) in [5.74, 6) is 1.84. The fourth-order valence-electron chi connectivity index (χ4n) is 4.39. The number of para-hydroxylation sites is 2. The zero-order valence-electron chi connectivity index (χ0n) is 18.8. The molecule has 0 bridgehead atoms. The predicted molar refractivity (Wildman–Crippen MR) is 126 cm³/mol. The van der Waals surface area contributed by atoms with Gasteiger partial charge in [0.15, 0.2) is 0 Å². The van der Waals surface area contributed by atoms with E-state index < -0.39 is 0 Å². The lowest BCUT2D eigenvalue weighted by atomic mass is 9.97. The van der Waals surface area contributed by atoms with Gasteiger partial charge in [-0.15, -0.1) is 0 Å². The van der Waals surface area contributed by atoms with Crippen LogP contribution in [0.1, 0.15) is 49.6 Å². The minimum Gasteiger partial charge on any atom is -0.323 e. The molecule has 4 nitrogen and oxygen atoms in total. The maximum Gasteiger partial charge on any atom is 0.110 e. The third-order valence-electron chi connectivity index (χ3n) is 6.71. The summed E-state index contributed by atoms with van der Waals surface area (Å²) in [6.07, 6.45) is 3.38. The number of piperazine rings is 1. The van der Waals surface area contributed by atoms with Crippen molar-refractivity contribution in [1.82, 2.24) is 19.4 Å². The van der Waals surface area contributed by atoms with E-state index in [0.717, 1.165) is 18.5 Å². The molecule has 2 heterocycles. The number of aryl methyl sites for hydroxylation is 1. The van der Waals surface area contributed by atoms with Crippen molar-refractivity contribution in [1.29, 1.82) is 0 Å². The topological polar surface area (TPSA) is 24.3 Å². The van der Waals surface area contributed by atoms with Gasteiger partial charge in [-0.2, -0.15) is 0 Å². The normalized spacial score (nSPS) is 16.9. The highest BCUT2D eigenvalue weighted by Gasteiger charge is 2.15. The van der Waals surface area contributed by atoms with E-state index in [1.165, 1.54) is 68.0 Å². The molecule has 1 atom stereocenters. The number of hydrogen-bond donors (Lipinski definition) is 0. The maximum absolute atomic E-state index is 5.00. The first-order chi connectivity index (χ1) is 14.6. The van der Waals surface area contributed by atoms with E-state index in [4.69, 9.17) is 4.98 Å². The molecule has 0 aliphatic carbocycles. The molecule has 0 saturated carbocycles. The molecule has 0 N–H and O–H groups in total. The number of hydrogen-bond acceptors (Lipinski definition) is 3. The molecule has 1 unspecified atom stereocenters. The zero-order valence-corrected chi connectivity index (χ0v) is 18.8. The van der Waals surface area contributed by atoms with E-state index in [0.29, 0.717) is 5.92 Å². The van der Waals surface area contributed by atoms with Crippen molar-refractivity contribution in [3.63, 3.8) is 0 Å². The molecular weight excluding hydrogens is 368 g/mol. The Morgan fingerprint density at radius 1 is 0.967 bits per heavy atom. The number of imidazole rings is 1. The Morgan fingerprint density at radius 3 is 2.43 bits per heavy atom. The summed E-state index contributed by atoms with van der Waals surface area (Å²) in [7, 11) is 2.22. The van der Waals surface area contributed by atoms with Crippen molar-refractivity contribution in [3.8, 4) is 0 Å². The lowest BCUT2D eigenvalue weighted by Gasteiger charge is -2.32. The van der Waals surface area contributed by atoms with Gasteiger partial charge in [-0.3, -0.25) is 0 Å². The van der Waals surface area contributed by atoms with Gasteiger partial charge in [-0.25, -0.2) is 4.98 Å².